The molecule has 0 atom stereocenters. The number of ether oxygens (including phenoxy) is 1. The number of hydrogen-bond acceptors (Lipinski definition) is 5. The van der Waals surface area contributed by atoms with Crippen molar-refractivity contribution in [2.45, 2.75) is 38.5 Å². The Bertz CT molecular complexity index is 308. The van der Waals surface area contributed by atoms with Gasteiger partial charge in [-0.05, 0) is 12.8 Å². The Labute approximate surface area is 97.4 Å². The minimum absolute atomic E-state index is 0.0414. The molecule has 0 fully saturated rings. The molecule has 0 aliphatic heterocycles. The van der Waals surface area contributed by atoms with Crippen LogP contribution in [0.2, 0.25) is 0 Å². The van der Waals surface area contributed by atoms with E-state index in [9.17, 15) is 19.2 Å². The van der Waals surface area contributed by atoms with Gasteiger partial charge in [0.05, 0.1) is 12.8 Å². The van der Waals surface area contributed by atoms with Crippen LogP contribution in [0.4, 0.5) is 0 Å². The normalized spacial score (nSPS) is 9.65. The van der Waals surface area contributed by atoms with Crippen molar-refractivity contribution in [3.8, 4) is 0 Å². The first-order valence-electron chi connectivity index (χ1n) is 5.09. The summed E-state index contributed by atoms with van der Waals surface area (Å²) in [6.45, 7) is 0. The lowest BCUT2D eigenvalue weighted by Gasteiger charge is -2.01. The van der Waals surface area contributed by atoms with Crippen LogP contribution in [0.25, 0.3) is 0 Å². The summed E-state index contributed by atoms with van der Waals surface area (Å²) in [5.74, 6) is -3.73. The van der Waals surface area contributed by atoms with Gasteiger partial charge in [-0.25, -0.2) is 0 Å². The van der Waals surface area contributed by atoms with E-state index in [0.29, 0.717) is 12.8 Å². The fraction of sp³-hybridized carbons (Fsp3) is 0.600. The first-order valence-corrected chi connectivity index (χ1v) is 5.09. The van der Waals surface area contributed by atoms with Crippen molar-refractivity contribution in [3.63, 3.8) is 0 Å². The second kappa shape index (κ2) is 8.26. The minimum atomic E-state index is -1.14. The number of esters is 2. The van der Waals surface area contributed by atoms with Crippen molar-refractivity contribution in [3.05, 3.63) is 0 Å². The van der Waals surface area contributed by atoms with E-state index >= 15 is 0 Å². The molecule has 0 heterocycles. The highest BCUT2D eigenvalue weighted by molar-refractivity contribution is 5.86. The Kier molecular flexibility index (Phi) is 7.32. The minimum Gasteiger partial charge on any atom is -0.481 e. The number of carbonyl (C=O) groups is 4. The van der Waals surface area contributed by atoms with E-state index in [1.54, 1.807) is 0 Å². The third-order valence-electron chi connectivity index (χ3n) is 1.79. The molecule has 0 spiro atoms. The number of carbonyl (C=O) groups excluding carboxylic acids is 2. The van der Waals surface area contributed by atoms with Crippen molar-refractivity contribution >= 4 is 23.9 Å². The van der Waals surface area contributed by atoms with E-state index in [0.717, 1.165) is 0 Å². The SMILES string of the molecule is O=C(O)CCCCC(=O)OC(=O)CCC(=O)O. The molecule has 7 nitrogen and oxygen atoms in total. The summed E-state index contributed by atoms with van der Waals surface area (Å²) in [7, 11) is 0. The van der Waals surface area contributed by atoms with E-state index in [1.165, 1.54) is 0 Å². The fourth-order valence-electron chi connectivity index (χ4n) is 0.984. The van der Waals surface area contributed by atoms with Gasteiger partial charge < -0.3 is 14.9 Å². The molecule has 0 saturated heterocycles. The summed E-state index contributed by atoms with van der Waals surface area (Å²) >= 11 is 0. The predicted octanol–water partition coefficient (Wildman–Crippen LogP) is 0.566. The Hall–Kier alpha value is -1.92. The predicted molar refractivity (Wildman–Crippen MR) is 54.1 cm³/mol. The van der Waals surface area contributed by atoms with Crippen LogP contribution >= 0.6 is 0 Å². The van der Waals surface area contributed by atoms with Crippen LogP contribution in [0.15, 0.2) is 0 Å². The molecule has 0 amide bonds. The Balaban J connectivity index is 3.60. The van der Waals surface area contributed by atoms with Gasteiger partial charge in [0.1, 0.15) is 0 Å². The summed E-state index contributed by atoms with van der Waals surface area (Å²) in [6, 6.07) is 0. The zero-order valence-electron chi connectivity index (χ0n) is 9.18. The van der Waals surface area contributed by atoms with Crippen LogP contribution in [-0.2, 0) is 23.9 Å². The third-order valence-corrected chi connectivity index (χ3v) is 1.79. The summed E-state index contributed by atoms with van der Waals surface area (Å²) in [4.78, 5) is 42.2. The first-order chi connectivity index (χ1) is 7.91. The zero-order valence-corrected chi connectivity index (χ0v) is 9.18. The van der Waals surface area contributed by atoms with Crippen LogP contribution in [0.1, 0.15) is 38.5 Å². The maximum Gasteiger partial charge on any atom is 0.314 e. The summed E-state index contributed by atoms with van der Waals surface area (Å²) < 4.78 is 4.32. The molecule has 7 heteroatoms. The molecule has 0 aromatic rings. The first kappa shape index (κ1) is 15.1. The third kappa shape index (κ3) is 10.4. The van der Waals surface area contributed by atoms with Gasteiger partial charge in [-0.15, -0.1) is 0 Å². The smallest absolute Gasteiger partial charge is 0.314 e. The molecule has 0 rings (SSSR count). The molecular weight excluding hydrogens is 232 g/mol. The maximum absolute atomic E-state index is 11.0. The van der Waals surface area contributed by atoms with E-state index in [2.05, 4.69) is 4.74 Å². The monoisotopic (exact) mass is 246 g/mol. The van der Waals surface area contributed by atoms with Crippen LogP contribution in [-0.4, -0.2) is 34.1 Å². The second-order valence-electron chi connectivity index (χ2n) is 3.34. The Morgan fingerprint density at radius 3 is 1.71 bits per heavy atom. The highest BCUT2D eigenvalue weighted by atomic mass is 16.6. The highest BCUT2D eigenvalue weighted by Gasteiger charge is 2.12. The maximum atomic E-state index is 11.0. The quantitative estimate of drug-likeness (QED) is 0.365. The molecule has 17 heavy (non-hydrogen) atoms. The number of hydrogen-bond donors (Lipinski definition) is 2. The zero-order chi connectivity index (χ0) is 13.3. The molecule has 0 bridgehead atoms. The van der Waals surface area contributed by atoms with E-state index < -0.39 is 23.9 Å². The molecular formula is C10H14O7. The van der Waals surface area contributed by atoms with Crippen molar-refractivity contribution in [2.75, 3.05) is 0 Å². The lowest BCUT2D eigenvalue weighted by atomic mass is 10.2. The molecule has 0 aliphatic rings. The summed E-state index contributed by atoms with van der Waals surface area (Å²) in [5.41, 5.74) is 0. The van der Waals surface area contributed by atoms with E-state index in [-0.39, 0.29) is 25.7 Å². The van der Waals surface area contributed by atoms with Crippen LogP contribution in [0.3, 0.4) is 0 Å². The highest BCUT2D eigenvalue weighted by Crippen LogP contribution is 2.03. The average molecular weight is 246 g/mol. The molecule has 0 saturated carbocycles. The van der Waals surface area contributed by atoms with E-state index in [4.69, 9.17) is 10.2 Å². The van der Waals surface area contributed by atoms with Crippen molar-refractivity contribution in [2.24, 2.45) is 0 Å². The van der Waals surface area contributed by atoms with Crippen molar-refractivity contribution in [1.29, 1.82) is 0 Å². The van der Waals surface area contributed by atoms with Gasteiger partial charge >= 0.3 is 23.9 Å². The van der Waals surface area contributed by atoms with Gasteiger partial charge in [-0.2, -0.15) is 0 Å². The Morgan fingerprint density at radius 2 is 1.18 bits per heavy atom. The standard InChI is InChI=1S/C10H14O7/c11-7(12)3-1-2-4-9(15)17-10(16)6-5-8(13)14/h1-6H2,(H,11,12)(H,13,14). The van der Waals surface area contributed by atoms with Crippen LogP contribution in [0, 0.1) is 0 Å². The Morgan fingerprint density at radius 1 is 0.706 bits per heavy atom. The largest absolute Gasteiger partial charge is 0.481 e. The number of aliphatic carboxylic acids is 2. The topological polar surface area (TPSA) is 118 Å². The van der Waals surface area contributed by atoms with Crippen LogP contribution < -0.4 is 0 Å². The fourth-order valence-corrected chi connectivity index (χ4v) is 0.984. The van der Waals surface area contributed by atoms with Gasteiger partial charge in [-0.1, -0.05) is 0 Å². The molecule has 0 unspecified atom stereocenters. The van der Waals surface area contributed by atoms with E-state index in [1.807, 2.05) is 0 Å². The molecule has 0 aliphatic carbocycles. The molecule has 2 N–H and O–H groups in total. The number of carboxylic acids is 2. The van der Waals surface area contributed by atoms with Gasteiger partial charge in [0.25, 0.3) is 0 Å². The lowest BCUT2D eigenvalue weighted by Crippen LogP contribution is -2.13. The molecule has 96 valence electrons. The summed E-state index contributed by atoms with van der Waals surface area (Å²) in [6.07, 6.45) is -0.182. The molecule has 0 aromatic carbocycles. The number of unbranched alkanes of at least 4 members (excludes halogenated alkanes) is 1. The summed E-state index contributed by atoms with van der Waals surface area (Å²) in [5, 5.41) is 16.6. The van der Waals surface area contributed by atoms with Gasteiger partial charge in [0.2, 0.25) is 0 Å². The van der Waals surface area contributed by atoms with Gasteiger partial charge in [0.15, 0.2) is 0 Å². The van der Waals surface area contributed by atoms with Crippen molar-refractivity contribution < 1.29 is 34.1 Å². The van der Waals surface area contributed by atoms with Gasteiger partial charge in [-0.3, -0.25) is 19.2 Å². The lowest BCUT2D eigenvalue weighted by molar-refractivity contribution is -0.161. The molecule has 0 aromatic heterocycles. The van der Waals surface area contributed by atoms with Crippen LogP contribution in [0.5, 0.6) is 0 Å². The van der Waals surface area contributed by atoms with Crippen molar-refractivity contribution in [1.82, 2.24) is 0 Å². The van der Waals surface area contributed by atoms with Gasteiger partial charge in [0, 0.05) is 12.8 Å². The second-order valence-corrected chi connectivity index (χ2v) is 3.34. The number of carboxylic acid groups (broad SMARTS) is 2. The average Bonchev–Trinajstić information content (AvgIpc) is 2.21. The molecule has 0 radical (unpaired) electrons. The number of rotatable bonds is 8.